The van der Waals surface area contributed by atoms with Crippen LogP contribution < -0.4 is 0 Å². The third kappa shape index (κ3) is 234. The molecule has 0 heterocycles. The maximum atomic E-state index is 4.25. The van der Waals surface area contributed by atoms with Gasteiger partial charge in [0.15, 0.2) is 0 Å². The molecule has 0 aliphatic rings. The van der Waals surface area contributed by atoms with Crippen molar-refractivity contribution >= 4 is 0 Å². The van der Waals surface area contributed by atoms with Crippen LogP contribution in [0.4, 0.5) is 0 Å². The summed E-state index contributed by atoms with van der Waals surface area (Å²) in [5.41, 5.74) is 0.500. The van der Waals surface area contributed by atoms with E-state index in [4.69, 9.17) is 0 Å². The van der Waals surface area contributed by atoms with Crippen molar-refractivity contribution in [3.05, 3.63) is 255 Å². The van der Waals surface area contributed by atoms with E-state index < -0.39 is 0 Å². The van der Waals surface area contributed by atoms with Gasteiger partial charge >= 0.3 is 0 Å². The Balaban J connectivity index is -0.0000000403. The van der Waals surface area contributed by atoms with E-state index in [0.29, 0.717) is 5.41 Å². The molecule has 0 radical (unpaired) electrons. The zero-order valence-electron chi connectivity index (χ0n) is 57.2. The summed E-state index contributed by atoms with van der Waals surface area (Å²) in [4.78, 5) is 0. The number of ether oxygens (including phenoxy) is 1. The van der Waals surface area contributed by atoms with Gasteiger partial charge in [-0.15, -0.1) is 0 Å². The molecule has 0 aromatic heterocycles. The molecule has 0 saturated heterocycles. The second kappa shape index (κ2) is 172. The summed E-state index contributed by atoms with van der Waals surface area (Å²) in [6.07, 6.45) is 0. The number of rotatable bonds is 0. The van der Waals surface area contributed by atoms with Crippen LogP contribution in [0.15, 0.2) is 255 Å². The third-order valence-electron chi connectivity index (χ3n) is 4.67. The number of hydrogen-bond acceptors (Lipinski definition) is 1. The van der Waals surface area contributed by atoms with Crippen molar-refractivity contribution in [3.8, 4) is 0 Å². The fraction of sp³-hybridized carbons (Fsp3) is 0.440. The Labute approximate surface area is 484 Å². The van der Waals surface area contributed by atoms with E-state index in [2.05, 4.69) is 32.4 Å². The molecule has 0 aliphatic carbocycles. The predicted molar refractivity (Wildman–Crippen MR) is 371 cm³/mol. The van der Waals surface area contributed by atoms with Crippen LogP contribution in [0.1, 0.15) is 208 Å². The lowest BCUT2D eigenvalue weighted by Crippen LogP contribution is -1.93. The van der Waals surface area contributed by atoms with Gasteiger partial charge in [0.05, 0.1) is 0 Å². The van der Waals surface area contributed by atoms with Crippen LogP contribution in [0.3, 0.4) is 0 Å². The highest BCUT2D eigenvalue weighted by Crippen LogP contribution is 2.08. The SMILES string of the molecule is CC.CC.CC.CC.CC.CC.CC.CC.CC.CC.CC.CC.CC.CC(C)(C)C.COC.c1ccccc1.c1ccccc1.c1ccccc1.c1ccccc1.c1ccccc1.c1ccccc1.c1ccccc1. The first-order valence-electron chi connectivity index (χ1n) is 29.8. The minimum atomic E-state index is 0.500. The third-order valence-corrected chi connectivity index (χ3v) is 4.67. The zero-order chi connectivity index (χ0) is 62.9. The molecular formula is C75H138O. The molecule has 444 valence electrons. The summed E-state index contributed by atoms with van der Waals surface area (Å²) < 4.78 is 4.25. The standard InChI is InChI=1S/7C6H6.C5H12.C2H6O.13C2H6/c7*1-2-4-6-5-3-1;1-5(2,3)4;1-3-2;13*1-2/h7*1-6H;1-4H3;1-2H3;13*1-2H3. The summed E-state index contributed by atoms with van der Waals surface area (Å²) >= 11 is 0. The zero-order valence-corrected chi connectivity index (χ0v) is 57.2. The molecule has 0 bridgehead atoms. The Bertz CT molecular complexity index is 921. The summed E-state index contributed by atoms with van der Waals surface area (Å²) in [6, 6.07) is 84.0. The second-order valence-corrected chi connectivity index (χ2v) is 11.5. The first-order valence-corrected chi connectivity index (χ1v) is 29.8. The molecule has 0 spiro atoms. The van der Waals surface area contributed by atoms with Gasteiger partial charge in [-0.05, 0) is 5.41 Å². The van der Waals surface area contributed by atoms with Gasteiger partial charge in [-0.25, -0.2) is 0 Å². The molecule has 7 aromatic carbocycles. The molecule has 0 amide bonds. The van der Waals surface area contributed by atoms with E-state index in [0.717, 1.165) is 0 Å². The Kier molecular flexibility index (Phi) is 251. The molecule has 1 heteroatoms. The molecule has 76 heavy (non-hydrogen) atoms. The molecule has 0 aliphatic heterocycles. The average molecular weight is 1060 g/mol. The topological polar surface area (TPSA) is 9.23 Å². The van der Waals surface area contributed by atoms with E-state index in [1.54, 1.807) is 14.2 Å². The van der Waals surface area contributed by atoms with E-state index in [9.17, 15) is 0 Å². The van der Waals surface area contributed by atoms with Crippen LogP contribution in [0, 0.1) is 5.41 Å². The summed E-state index contributed by atoms with van der Waals surface area (Å²) in [5, 5.41) is 0. The van der Waals surface area contributed by atoms with E-state index in [1.807, 2.05) is 435 Å². The molecule has 0 N–H and O–H groups in total. The normalized spacial score (nSPS) is 6.47. The van der Waals surface area contributed by atoms with Crippen molar-refractivity contribution in [2.75, 3.05) is 14.2 Å². The highest BCUT2D eigenvalue weighted by molar-refractivity contribution is 5.02. The van der Waals surface area contributed by atoms with Crippen molar-refractivity contribution in [1.29, 1.82) is 0 Å². The van der Waals surface area contributed by atoms with Gasteiger partial charge in [-0.3, -0.25) is 0 Å². The molecule has 0 saturated carbocycles. The molecule has 7 rings (SSSR count). The fourth-order valence-electron chi connectivity index (χ4n) is 2.69. The smallest absolute Gasteiger partial charge is 0.0351 e. The van der Waals surface area contributed by atoms with Crippen LogP contribution in [0.25, 0.3) is 0 Å². The molecule has 0 fully saturated rings. The summed E-state index contributed by atoms with van der Waals surface area (Å²) in [6.45, 7) is 60.8. The van der Waals surface area contributed by atoms with Crippen molar-refractivity contribution < 1.29 is 4.74 Å². The fourth-order valence-corrected chi connectivity index (χ4v) is 2.69. The minimum absolute atomic E-state index is 0.500. The molecule has 1 nitrogen and oxygen atoms in total. The monoisotopic (exact) mass is 1060 g/mol. The van der Waals surface area contributed by atoms with Gasteiger partial charge in [0.25, 0.3) is 0 Å². The van der Waals surface area contributed by atoms with Crippen molar-refractivity contribution in [3.63, 3.8) is 0 Å². The highest BCUT2D eigenvalue weighted by atomic mass is 16.4. The second-order valence-electron chi connectivity index (χ2n) is 11.5. The number of benzene rings is 7. The Morgan fingerprint density at radius 3 is 0.158 bits per heavy atom. The lowest BCUT2D eigenvalue weighted by atomic mass is 10.0. The van der Waals surface area contributed by atoms with Crippen LogP contribution in [0.5, 0.6) is 0 Å². The molecular weight excluding hydrogens is 917 g/mol. The molecule has 0 unspecified atom stereocenters. The molecule has 0 atom stereocenters. The average Bonchev–Trinajstić information content (AvgIpc) is 3.57. The van der Waals surface area contributed by atoms with Gasteiger partial charge in [0.2, 0.25) is 0 Å². The predicted octanol–water partition coefficient (Wildman–Crippen LogP) is 27.5. The summed E-state index contributed by atoms with van der Waals surface area (Å²) in [7, 11) is 3.25. The van der Waals surface area contributed by atoms with E-state index in [-0.39, 0.29) is 0 Å². The van der Waals surface area contributed by atoms with Crippen LogP contribution in [0.2, 0.25) is 0 Å². The van der Waals surface area contributed by atoms with Gasteiger partial charge in [0, 0.05) is 14.2 Å². The number of hydrogen-bond donors (Lipinski definition) is 0. The molecule has 7 aromatic rings. The highest BCUT2D eigenvalue weighted by Gasteiger charge is 1.95. The Hall–Kier alpha value is -5.50. The van der Waals surface area contributed by atoms with Gasteiger partial charge < -0.3 is 4.74 Å². The van der Waals surface area contributed by atoms with Gasteiger partial charge in [0.1, 0.15) is 0 Å². The number of methoxy groups -OCH3 is 1. The van der Waals surface area contributed by atoms with E-state index in [1.165, 1.54) is 0 Å². The first kappa shape index (κ1) is 111. The minimum Gasteiger partial charge on any atom is -0.388 e. The lowest BCUT2D eigenvalue weighted by molar-refractivity contribution is 0.277. The summed E-state index contributed by atoms with van der Waals surface area (Å²) in [5.74, 6) is 0. The maximum Gasteiger partial charge on any atom is 0.0351 e. The van der Waals surface area contributed by atoms with Crippen molar-refractivity contribution in [1.82, 2.24) is 0 Å². The van der Waals surface area contributed by atoms with E-state index >= 15 is 0 Å². The maximum absolute atomic E-state index is 4.25. The van der Waals surface area contributed by atoms with Crippen molar-refractivity contribution in [2.24, 2.45) is 5.41 Å². The van der Waals surface area contributed by atoms with Crippen molar-refractivity contribution in [2.45, 2.75) is 208 Å². The first-order chi connectivity index (χ1) is 37.4. The van der Waals surface area contributed by atoms with Crippen LogP contribution in [-0.2, 0) is 4.74 Å². The van der Waals surface area contributed by atoms with Gasteiger partial charge in [-0.2, -0.15) is 0 Å². The van der Waals surface area contributed by atoms with Crippen LogP contribution in [-0.4, -0.2) is 14.2 Å². The largest absolute Gasteiger partial charge is 0.388 e. The van der Waals surface area contributed by atoms with Gasteiger partial charge in [-0.1, -0.05) is 462 Å². The van der Waals surface area contributed by atoms with Crippen LogP contribution >= 0.6 is 0 Å². The Morgan fingerprint density at radius 1 is 0.132 bits per heavy atom. The quantitative estimate of drug-likeness (QED) is 0.147. The Morgan fingerprint density at radius 2 is 0.145 bits per heavy atom. The lowest BCUT2D eigenvalue weighted by Gasteiger charge is -2.05.